The van der Waals surface area contributed by atoms with E-state index in [1.807, 2.05) is 64.7 Å². The molecule has 0 aliphatic rings. The van der Waals surface area contributed by atoms with Crippen molar-refractivity contribution >= 4 is 34.5 Å². The van der Waals surface area contributed by atoms with E-state index >= 15 is 0 Å². The minimum atomic E-state index is -0.0875. The van der Waals surface area contributed by atoms with Gasteiger partial charge in [-0.1, -0.05) is 49.0 Å². The van der Waals surface area contributed by atoms with Gasteiger partial charge in [-0.2, -0.15) is 0 Å². The van der Waals surface area contributed by atoms with Crippen LogP contribution in [0.2, 0.25) is 0 Å². The third kappa shape index (κ3) is 4.12. The molecule has 3 aromatic heterocycles. The van der Waals surface area contributed by atoms with E-state index in [0.717, 1.165) is 40.2 Å². The van der Waals surface area contributed by atoms with Gasteiger partial charge in [-0.25, -0.2) is 0 Å². The van der Waals surface area contributed by atoms with Crippen LogP contribution in [0.3, 0.4) is 0 Å². The Morgan fingerprint density at radius 1 is 1.09 bits per heavy atom. The number of hydrogen-bond donors (Lipinski definition) is 1. The van der Waals surface area contributed by atoms with E-state index in [2.05, 4.69) is 41.5 Å². The van der Waals surface area contributed by atoms with Crippen molar-refractivity contribution in [2.75, 3.05) is 11.1 Å². The summed E-state index contributed by atoms with van der Waals surface area (Å²) in [5, 5.41) is 12.6. The number of fused-ring (bicyclic) bond motifs is 1. The average Bonchev–Trinajstić information content (AvgIpc) is 3.54. The minimum absolute atomic E-state index is 0.0875. The summed E-state index contributed by atoms with van der Waals surface area (Å²) in [6.07, 6.45) is 2.60. The third-order valence-electron chi connectivity index (χ3n) is 5.83. The number of amides is 1. The van der Waals surface area contributed by atoms with Crippen LogP contribution < -0.4 is 5.32 Å². The summed E-state index contributed by atoms with van der Waals surface area (Å²) < 4.78 is 9.65. The van der Waals surface area contributed by atoms with Gasteiger partial charge in [0, 0.05) is 24.9 Å². The maximum Gasteiger partial charge on any atom is 0.234 e. The topological polar surface area (TPSA) is 77.9 Å². The number of para-hydroxylation sites is 1. The largest absolute Gasteiger partial charge is 0.463 e. The second kappa shape index (κ2) is 9.23. The molecule has 0 fully saturated rings. The lowest BCUT2D eigenvalue weighted by Gasteiger charge is -2.13. The van der Waals surface area contributed by atoms with Crippen LogP contribution in [-0.4, -0.2) is 31.0 Å². The highest BCUT2D eigenvalue weighted by Crippen LogP contribution is 2.32. The monoisotopic (exact) mass is 471 g/mol. The van der Waals surface area contributed by atoms with Crippen LogP contribution in [-0.2, 0) is 18.3 Å². The molecule has 34 heavy (non-hydrogen) atoms. The maximum atomic E-state index is 12.7. The molecule has 0 saturated heterocycles. The van der Waals surface area contributed by atoms with E-state index in [9.17, 15) is 4.79 Å². The van der Waals surface area contributed by atoms with Crippen molar-refractivity contribution in [3.05, 3.63) is 78.1 Å². The SMILES string of the molecule is CCc1cccc(NC(=O)CSc2nnc(-c3cc4occc4n3C)n2-c2ccccc2C)c1. The molecule has 0 aliphatic heterocycles. The number of benzene rings is 2. The highest BCUT2D eigenvalue weighted by atomic mass is 32.2. The molecule has 3 heterocycles. The summed E-state index contributed by atoms with van der Waals surface area (Å²) in [6, 6.07) is 19.9. The molecular formula is C26H25N5O2S. The highest BCUT2D eigenvalue weighted by Gasteiger charge is 2.22. The number of nitrogens with zero attached hydrogens (tertiary/aromatic N) is 4. The molecule has 2 aromatic carbocycles. The number of anilines is 1. The Hall–Kier alpha value is -3.78. The number of nitrogens with one attached hydrogen (secondary N) is 1. The van der Waals surface area contributed by atoms with E-state index in [4.69, 9.17) is 4.42 Å². The minimum Gasteiger partial charge on any atom is -0.463 e. The number of hydrogen-bond acceptors (Lipinski definition) is 5. The fourth-order valence-electron chi connectivity index (χ4n) is 4.02. The maximum absolute atomic E-state index is 12.7. The number of thioether (sulfide) groups is 1. The van der Waals surface area contributed by atoms with Crippen LogP contribution in [0, 0.1) is 6.92 Å². The average molecular weight is 472 g/mol. The lowest BCUT2D eigenvalue weighted by Crippen LogP contribution is -2.14. The van der Waals surface area contributed by atoms with Crippen LogP contribution in [0.4, 0.5) is 5.69 Å². The van der Waals surface area contributed by atoms with E-state index in [-0.39, 0.29) is 11.7 Å². The van der Waals surface area contributed by atoms with E-state index in [0.29, 0.717) is 11.0 Å². The highest BCUT2D eigenvalue weighted by molar-refractivity contribution is 7.99. The van der Waals surface area contributed by atoms with Crippen molar-refractivity contribution in [3.8, 4) is 17.2 Å². The van der Waals surface area contributed by atoms with Gasteiger partial charge in [0.05, 0.1) is 28.9 Å². The molecule has 0 saturated carbocycles. The molecule has 0 bridgehead atoms. The zero-order valence-corrected chi connectivity index (χ0v) is 20.1. The summed E-state index contributed by atoms with van der Waals surface area (Å²) in [6.45, 7) is 4.15. The van der Waals surface area contributed by atoms with Gasteiger partial charge in [-0.3, -0.25) is 9.36 Å². The molecule has 0 atom stereocenters. The van der Waals surface area contributed by atoms with Gasteiger partial charge in [-0.05, 0) is 42.7 Å². The van der Waals surface area contributed by atoms with Crippen LogP contribution >= 0.6 is 11.8 Å². The first-order valence-electron chi connectivity index (χ1n) is 11.1. The number of furan rings is 1. The molecule has 0 unspecified atom stereocenters. The fraction of sp³-hybridized carbons (Fsp3) is 0.192. The Balaban J connectivity index is 1.46. The van der Waals surface area contributed by atoms with Crippen molar-refractivity contribution in [1.29, 1.82) is 0 Å². The molecular weight excluding hydrogens is 446 g/mol. The molecule has 1 N–H and O–H groups in total. The van der Waals surface area contributed by atoms with Gasteiger partial charge in [-0.15, -0.1) is 10.2 Å². The van der Waals surface area contributed by atoms with Crippen molar-refractivity contribution in [1.82, 2.24) is 19.3 Å². The molecule has 5 aromatic rings. The van der Waals surface area contributed by atoms with Gasteiger partial charge in [0.1, 0.15) is 0 Å². The first-order chi connectivity index (χ1) is 16.5. The summed E-state index contributed by atoms with van der Waals surface area (Å²) >= 11 is 1.36. The number of rotatable bonds is 7. The van der Waals surface area contributed by atoms with Crippen LogP contribution in [0.1, 0.15) is 18.1 Å². The van der Waals surface area contributed by atoms with Crippen LogP contribution in [0.5, 0.6) is 0 Å². The zero-order chi connectivity index (χ0) is 23.7. The molecule has 8 heteroatoms. The van der Waals surface area contributed by atoms with Crippen molar-refractivity contribution in [2.45, 2.75) is 25.4 Å². The van der Waals surface area contributed by atoms with Crippen LogP contribution in [0.25, 0.3) is 28.3 Å². The lowest BCUT2D eigenvalue weighted by molar-refractivity contribution is -0.113. The Bertz CT molecular complexity index is 1480. The van der Waals surface area contributed by atoms with E-state index < -0.39 is 0 Å². The number of carbonyl (C=O) groups is 1. The molecule has 5 rings (SSSR count). The first kappa shape index (κ1) is 22.0. The van der Waals surface area contributed by atoms with Crippen LogP contribution in [0.15, 0.2) is 76.5 Å². The fourth-order valence-corrected chi connectivity index (χ4v) is 4.77. The zero-order valence-electron chi connectivity index (χ0n) is 19.3. The number of carbonyl (C=O) groups excluding carboxylic acids is 1. The van der Waals surface area contributed by atoms with Crippen molar-refractivity contribution in [2.24, 2.45) is 7.05 Å². The van der Waals surface area contributed by atoms with Gasteiger partial charge in [0.15, 0.2) is 16.6 Å². The smallest absolute Gasteiger partial charge is 0.234 e. The van der Waals surface area contributed by atoms with Gasteiger partial charge >= 0.3 is 0 Å². The summed E-state index contributed by atoms with van der Waals surface area (Å²) in [5.41, 5.74) is 6.71. The molecule has 172 valence electrons. The normalized spacial score (nSPS) is 11.3. The van der Waals surface area contributed by atoms with Crippen molar-refractivity contribution in [3.63, 3.8) is 0 Å². The second-order valence-electron chi connectivity index (χ2n) is 8.08. The van der Waals surface area contributed by atoms with Gasteiger partial charge < -0.3 is 14.3 Å². The summed E-state index contributed by atoms with van der Waals surface area (Å²) in [5.74, 6) is 0.827. The second-order valence-corrected chi connectivity index (χ2v) is 9.02. The van der Waals surface area contributed by atoms with Gasteiger partial charge in [0.2, 0.25) is 5.91 Å². The van der Waals surface area contributed by atoms with Gasteiger partial charge in [0.25, 0.3) is 0 Å². The van der Waals surface area contributed by atoms with E-state index in [1.54, 1.807) is 6.26 Å². The Morgan fingerprint density at radius 3 is 2.74 bits per heavy atom. The summed E-state index contributed by atoms with van der Waals surface area (Å²) in [7, 11) is 1.98. The summed E-state index contributed by atoms with van der Waals surface area (Å²) in [4.78, 5) is 12.7. The predicted molar refractivity (Wildman–Crippen MR) is 135 cm³/mol. The quantitative estimate of drug-likeness (QED) is 0.312. The third-order valence-corrected chi connectivity index (χ3v) is 6.76. The lowest BCUT2D eigenvalue weighted by atomic mass is 10.1. The Labute approximate surface area is 201 Å². The molecule has 7 nitrogen and oxygen atoms in total. The Morgan fingerprint density at radius 2 is 1.94 bits per heavy atom. The first-order valence-corrected chi connectivity index (χ1v) is 12.1. The molecule has 0 aliphatic carbocycles. The molecule has 1 amide bonds. The Kier molecular flexibility index (Phi) is 5.98. The molecule has 0 spiro atoms. The predicted octanol–water partition coefficient (Wildman–Crippen LogP) is 5.62. The number of aromatic nitrogens is 4. The van der Waals surface area contributed by atoms with Crippen molar-refractivity contribution < 1.29 is 9.21 Å². The van der Waals surface area contributed by atoms with E-state index in [1.165, 1.54) is 17.3 Å². The standard InChI is InChI=1S/C26H25N5O2S/c1-4-18-9-7-10-19(14-18)27-24(32)16-34-26-29-28-25(31(26)20-11-6-5-8-17(20)2)22-15-23-21(30(22)3)12-13-33-23/h5-15H,4,16H2,1-3H3,(H,27,32). The molecule has 0 radical (unpaired) electrons. The number of aryl methyl sites for hydroxylation is 3.